The molecule has 0 saturated carbocycles. The van der Waals surface area contributed by atoms with Crippen molar-refractivity contribution in [2.75, 3.05) is 5.32 Å². The zero-order chi connectivity index (χ0) is 25.4. The Kier molecular flexibility index (Phi) is 6.25. The molecule has 3 aromatic rings. The molecule has 0 aliphatic carbocycles. The lowest BCUT2D eigenvalue weighted by molar-refractivity contribution is -0.277. The number of halogens is 6. The molecule has 0 spiro atoms. The summed E-state index contributed by atoms with van der Waals surface area (Å²) >= 11 is 0. The van der Waals surface area contributed by atoms with E-state index in [1.165, 1.54) is 0 Å². The quantitative estimate of drug-likeness (QED) is 0.389. The molecule has 35 heavy (non-hydrogen) atoms. The molecule has 4 rings (SSSR count). The molecule has 3 aromatic heterocycles. The van der Waals surface area contributed by atoms with E-state index in [-0.39, 0.29) is 31.6 Å². The van der Waals surface area contributed by atoms with E-state index in [0.29, 0.717) is 18.9 Å². The van der Waals surface area contributed by atoms with Crippen LogP contribution < -0.4 is 5.32 Å². The summed E-state index contributed by atoms with van der Waals surface area (Å²) < 4.78 is 93.1. The number of aliphatic hydroxyl groups is 1. The zero-order valence-corrected chi connectivity index (χ0v) is 17.6. The summed E-state index contributed by atoms with van der Waals surface area (Å²) in [7, 11) is 0. The molecule has 188 valence electrons. The Morgan fingerprint density at radius 3 is 2.31 bits per heavy atom. The van der Waals surface area contributed by atoms with Crippen LogP contribution in [-0.2, 0) is 23.0 Å². The maximum Gasteiger partial charge on any atom is 0.426 e. The average Bonchev–Trinajstić information content (AvgIpc) is 3.44. The lowest BCUT2D eigenvalue weighted by Gasteiger charge is -2.26. The second-order valence-corrected chi connectivity index (χ2v) is 7.73. The molecule has 1 unspecified atom stereocenters. The van der Waals surface area contributed by atoms with Gasteiger partial charge in [0, 0.05) is 6.42 Å². The predicted octanol–water partition coefficient (Wildman–Crippen LogP) is 4.03. The second kappa shape index (κ2) is 8.90. The van der Waals surface area contributed by atoms with Gasteiger partial charge in [-0.15, -0.1) is 20.4 Å². The molecule has 2 N–H and O–H groups in total. The van der Waals surface area contributed by atoms with Gasteiger partial charge in [-0.05, 0) is 25.3 Å². The van der Waals surface area contributed by atoms with Crippen LogP contribution >= 0.6 is 0 Å². The monoisotopic (exact) mass is 506 g/mol. The van der Waals surface area contributed by atoms with E-state index in [0.717, 1.165) is 0 Å². The van der Waals surface area contributed by atoms with Crippen molar-refractivity contribution >= 4 is 12.1 Å². The lowest BCUT2D eigenvalue weighted by atomic mass is 9.94. The molecule has 4 heterocycles. The standard InChI is InChI=1S/C19H16F6N6O4/c20-18(21,22)9-7-10(26-8-32)13-15-30-31-16(35-15)17(33,19(23,24)25)6-4-2-1-3-5-11-28-29-14(34-11)12(9)27-13/h7-8,33H,1-6H2,(H,26,32). The molecule has 1 aliphatic heterocycles. The Bertz CT molecular complexity index is 1220. The fraction of sp³-hybridized carbons (Fsp3) is 0.474. The summed E-state index contributed by atoms with van der Waals surface area (Å²) in [5, 5.41) is 26.5. The van der Waals surface area contributed by atoms with Gasteiger partial charge in [0.25, 0.3) is 17.7 Å². The third kappa shape index (κ3) is 4.69. The van der Waals surface area contributed by atoms with Crippen molar-refractivity contribution in [3.05, 3.63) is 23.4 Å². The number of aryl methyl sites for hydroxylation is 1. The molecule has 0 radical (unpaired) electrons. The number of rotatable bonds is 2. The Morgan fingerprint density at radius 2 is 1.63 bits per heavy atom. The number of aromatic nitrogens is 5. The van der Waals surface area contributed by atoms with Crippen LogP contribution in [0.25, 0.3) is 23.2 Å². The Balaban J connectivity index is 1.95. The van der Waals surface area contributed by atoms with E-state index < -0.39 is 64.7 Å². The number of carbonyl (C=O) groups excluding carboxylic acids is 1. The number of fused-ring (bicyclic) bond motifs is 8. The van der Waals surface area contributed by atoms with Crippen LogP contribution in [0, 0.1) is 0 Å². The third-order valence-corrected chi connectivity index (χ3v) is 5.34. The average molecular weight is 506 g/mol. The summed E-state index contributed by atoms with van der Waals surface area (Å²) in [6, 6.07) is 0.471. The first-order chi connectivity index (χ1) is 16.4. The fourth-order valence-electron chi connectivity index (χ4n) is 3.55. The summed E-state index contributed by atoms with van der Waals surface area (Å²) in [5.74, 6) is -2.60. The van der Waals surface area contributed by atoms with Crippen molar-refractivity contribution in [3.8, 4) is 23.2 Å². The van der Waals surface area contributed by atoms with Crippen molar-refractivity contribution in [2.45, 2.75) is 56.5 Å². The summed E-state index contributed by atoms with van der Waals surface area (Å²) in [6.45, 7) is 0. The van der Waals surface area contributed by atoms with Crippen molar-refractivity contribution < 1.29 is 45.1 Å². The minimum absolute atomic E-state index is 0.00512. The number of alkyl halides is 6. The van der Waals surface area contributed by atoms with Crippen LogP contribution in [0.15, 0.2) is 14.9 Å². The van der Waals surface area contributed by atoms with E-state index in [1.54, 1.807) is 0 Å². The summed E-state index contributed by atoms with van der Waals surface area (Å²) in [6.07, 6.45) is -9.75. The Morgan fingerprint density at radius 1 is 0.943 bits per heavy atom. The number of hydrogen-bond acceptors (Lipinski definition) is 9. The molecule has 1 atom stereocenters. The first-order valence-corrected chi connectivity index (χ1v) is 10.2. The number of pyridine rings is 1. The van der Waals surface area contributed by atoms with Gasteiger partial charge in [0.15, 0.2) is 5.69 Å². The van der Waals surface area contributed by atoms with E-state index in [4.69, 9.17) is 8.83 Å². The van der Waals surface area contributed by atoms with Crippen molar-refractivity contribution in [3.63, 3.8) is 0 Å². The third-order valence-electron chi connectivity index (χ3n) is 5.34. The Hall–Kier alpha value is -3.56. The van der Waals surface area contributed by atoms with Gasteiger partial charge in [-0.25, -0.2) is 4.98 Å². The van der Waals surface area contributed by atoms with Gasteiger partial charge in [-0.1, -0.05) is 12.8 Å². The molecule has 0 saturated heterocycles. The number of nitrogens with one attached hydrogen (secondary N) is 1. The minimum Gasteiger partial charge on any atom is -0.419 e. The molecule has 16 heteroatoms. The predicted molar refractivity (Wildman–Crippen MR) is 102 cm³/mol. The highest BCUT2D eigenvalue weighted by atomic mass is 19.4. The van der Waals surface area contributed by atoms with Crippen molar-refractivity contribution in [2.24, 2.45) is 0 Å². The Labute approximate surface area is 191 Å². The van der Waals surface area contributed by atoms with Crippen LogP contribution in [0.1, 0.15) is 49.4 Å². The number of hydrogen-bond donors (Lipinski definition) is 2. The van der Waals surface area contributed by atoms with Crippen LogP contribution in [0.3, 0.4) is 0 Å². The maximum atomic E-state index is 13.8. The van der Waals surface area contributed by atoms with Gasteiger partial charge in [0.05, 0.1) is 11.3 Å². The van der Waals surface area contributed by atoms with Gasteiger partial charge in [-0.3, -0.25) is 4.79 Å². The molecular weight excluding hydrogens is 490 g/mol. The zero-order valence-electron chi connectivity index (χ0n) is 17.6. The molecule has 10 nitrogen and oxygen atoms in total. The number of anilines is 1. The molecule has 6 bridgehead atoms. The van der Waals surface area contributed by atoms with Gasteiger partial charge < -0.3 is 19.3 Å². The highest BCUT2D eigenvalue weighted by Gasteiger charge is 2.58. The van der Waals surface area contributed by atoms with Crippen LogP contribution in [0.4, 0.5) is 32.0 Å². The first-order valence-electron chi connectivity index (χ1n) is 10.2. The van der Waals surface area contributed by atoms with E-state index >= 15 is 0 Å². The van der Waals surface area contributed by atoms with Crippen LogP contribution in [0.5, 0.6) is 0 Å². The van der Waals surface area contributed by atoms with Crippen molar-refractivity contribution in [1.82, 2.24) is 25.4 Å². The number of amides is 1. The molecule has 1 amide bonds. The van der Waals surface area contributed by atoms with E-state index in [2.05, 4.69) is 25.4 Å². The summed E-state index contributed by atoms with van der Waals surface area (Å²) in [5.41, 5.74) is -6.93. The lowest BCUT2D eigenvalue weighted by Crippen LogP contribution is -2.42. The molecule has 1 aliphatic rings. The maximum absolute atomic E-state index is 13.8. The first kappa shape index (κ1) is 24.6. The highest BCUT2D eigenvalue weighted by Crippen LogP contribution is 2.44. The van der Waals surface area contributed by atoms with E-state index in [1.807, 2.05) is 5.32 Å². The van der Waals surface area contributed by atoms with Gasteiger partial charge in [0.2, 0.25) is 17.9 Å². The molecule has 0 aromatic carbocycles. The normalized spacial score (nSPS) is 19.4. The van der Waals surface area contributed by atoms with Gasteiger partial charge in [-0.2, -0.15) is 26.3 Å². The molecular formula is C19H16F6N6O4. The van der Waals surface area contributed by atoms with Crippen LogP contribution in [-0.4, -0.2) is 43.1 Å². The van der Waals surface area contributed by atoms with Gasteiger partial charge >= 0.3 is 12.4 Å². The van der Waals surface area contributed by atoms with Crippen molar-refractivity contribution in [1.29, 1.82) is 0 Å². The SMILES string of the molecule is O=CNc1cc(C(F)(F)F)c2nc1-c1nnc(o1)C(O)(C(F)(F)F)CCCCCCc1nnc-2o1. The molecule has 0 fully saturated rings. The number of carbonyl (C=O) groups is 1. The topological polar surface area (TPSA) is 140 Å². The minimum atomic E-state index is -5.19. The smallest absolute Gasteiger partial charge is 0.419 e. The number of nitrogens with zero attached hydrogens (tertiary/aromatic N) is 5. The second-order valence-electron chi connectivity index (χ2n) is 7.73. The summed E-state index contributed by atoms with van der Waals surface area (Å²) in [4.78, 5) is 14.8. The highest BCUT2D eigenvalue weighted by molar-refractivity contribution is 5.82. The van der Waals surface area contributed by atoms with Crippen LogP contribution in [0.2, 0.25) is 0 Å². The van der Waals surface area contributed by atoms with Gasteiger partial charge in [0.1, 0.15) is 5.69 Å². The fourth-order valence-corrected chi connectivity index (χ4v) is 3.55. The largest absolute Gasteiger partial charge is 0.426 e. The van der Waals surface area contributed by atoms with E-state index in [9.17, 15) is 36.2 Å².